The Morgan fingerprint density at radius 3 is 2.39 bits per heavy atom. The number of likely N-dealkylation sites (tertiary alicyclic amines) is 2. The van der Waals surface area contributed by atoms with Gasteiger partial charge in [-0.25, -0.2) is 0 Å². The molecule has 0 aliphatic carbocycles. The van der Waals surface area contributed by atoms with E-state index < -0.39 is 6.10 Å². The number of ether oxygens (including phenoxy) is 1. The van der Waals surface area contributed by atoms with Gasteiger partial charge in [-0.2, -0.15) is 0 Å². The fourth-order valence-corrected chi connectivity index (χ4v) is 5.75. The van der Waals surface area contributed by atoms with E-state index in [1.54, 1.807) is 4.90 Å². The van der Waals surface area contributed by atoms with Crippen molar-refractivity contribution in [3.63, 3.8) is 0 Å². The quantitative estimate of drug-likeness (QED) is 0.563. The Morgan fingerprint density at radius 1 is 0.861 bits per heavy atom. The Balaban J connectivity index is 1.20. The van der Waals surface area contributed by atoms with E-state index in [-0.39, 0.29) is 5.91 Å². The van der Waals surface area contributed by atoms with E-state index in [1.165, 1.54) is 5.56 Å². The Kier molecular flexibility index (Phi) is 6.38. The summed E-state index contributed by atoms with van der Waals surface area (Å²) in [6, 6.07) is 25.1. The molecule has 2 saturated heterocycles. The van der Waals surface area contributed by atoms with E-state index in [0.717, 1.165) is 61.8 Å². The van der Waals surface area contributed by atoms with Crippen LogP contribution in [-0.4, -0.2) is 65.7 Å². The molecule has 0 spiro atoms. The highest BCUT2D eigenvalue weighted by atomic mass is 16.5. The van der Waals surface area contributed by atoms with Crippen LogP contribution in [0.1, 0.15) is 35.2 Å². The molecule has 1 amide bonds. The van der Waals surface area contributed by atoms with Crippen LogP contribution in [0.15, 0.2) is 72.8 Å². The largest absolute Gasteiger partial charge is 0.453 e. The van der Waals surface area contributed by atoms with Gasteiger partial charge in [-0.1, -0.05) is 42.5 Å². The minimum absolute atomic E-state index is 0.0462. The molecule has 3 aliphatic rings. The van der Waals surface area contributed by atoms with Crippen molar-refractivity contribution >= 4 is 17.3 Å². The molecule has 3 aromatic rings. The molecule has 1 atom stereocenters. The first-order valence-corrected chi connectivity index (χ1v) is 13.1. The third kappa shape index (κ3) is 4.59. The lowest BCUT2D eigenvalue weighted by atomic mass is 9.99. The van der Waals surface area contributed by atoms with Crippen LogP contribution in [0.2, 0.25) is 0 Å². The van der Waals surface area contributed by atoms with Crippen molar-refractivity contribution in [1.29, 1.82) is 0 Å². The lowest BCUT2D eigenvalue weighted by Gasteiger charge is -2.42. The van der Waals surface area contributed by atoms with Crippen LogP contribution < -0.4 is 9.64 Å². The van der Waals surface area contributed by atoms with Crippen molar-refractivity contribution in [2.75, 3.05) is 37.6 Å². The van der Waals surface area contributed by atoms with E-state index in [9.17, 15) is 9.90 Å². The van der Waals surface area contributed by atoms with Crippen LogP contribution in [0.3, 0.4) is 0 Å². The second-order valence-corrected chi connectivity index (χ2v) is 10.1. The molecule has 36 heavy (non-hydrogen) atoms. The molecule has 0 aromatic heterocycles. The lowest BCUT2D eigenvalue weighted by Crippen LogP contribution is -2.44. The van der Waals surface area contributed by atoms with Gasteiger partial charge in [0.15, 0.2) is 11.5 Å². The molecule has 0 saturated carbocycles. The number of fused-ring (bicyclic) bond motifs is 2. The number of carbonyl (C=O) groups excluding carboxylic acids is 1. The van der Waals surface area contributed by atoms with E-state index in [0.29, 0.717) is 31.1 Å². The van der Waals surface area contributed by atoms with Gasteiger partial charge in [-0.3, -0.25) is 4.79 Å². The molecule has 6 rings (SSSR count). The Bertz CT molecular complexity index is 1220. The van der Waals surface area contributed by atoms with Crippen LogP contribution >= 0.6 is 0 Å². The zero-order valence-electron chi connectivity index (χ0n) is 20.6. The summed E-state index contributed by atoms with van der Waals surface area (Å²) >= 11 is 0. The zero-order valence-corrected chi connectivity index (χ0v) is 20.6. The highest BCUT2D eigenvalue weighted by Crippen LogP contribution is 2.49. The van der Waals surface area contributed by atoms with Crippen molar-refractivity contribution in [3.05, 3.63) is 83.9 Å². The number of amides is 1. The first-order chi connectivity index (χ1) is 17.7. The van der Waals surface area contributed by atoms with Crippen LogP contribution in [-0.2, 0) is 6.42 Å². The Hall–Kier alpha value is -3.35. The van der Waals surface area contributed by atoms with Crippen molar-refractivity contribution in [2.45, 2.75) is 37.8 Å². The topological polar surface area (TPSA) is 56.2 Å². The number of para-hydroxylation sites is 2. The summed E-state index contributed by atoms with van der Waals surface area (Å²) < 4.78 is 6.31. The molecule has 2 fully saturated rings. The monoisotopic (exact) mass is 483 g/mol. The van der Waals surface area contributed by atoms with Crippen molar-refractivity contribution in [1.82, 2.24) is 9.80 Å². The summed E-state index contributed by atoms with van der Waals surface area (Å²) in [7, 11) is 0. The molecule has 3 aromatic carbocycles. The zero-order chi connectivity index (χ0) is 24.5. The van der Waals surface area contributed by atoms with Gasteiger partial charge >= 0.3 is 0 Å². The molecular formula is C30H33N3O3. The molecule has 3 aliphatic heterocycles. The second kappa shape index (κ2) is 9.96. The number of β-amino-alcohol motifs (C(OH)–C–C–N with tert-alkyl or cyclic N) is 1. The van der Waals surface area contributed by atoms with Crippen LogP contribution in [0.25, 0.3) is 0 Å². The van der Waals surface area contributed by atoms with E-state index in [1.807, 2.05) is 30.3 Å². The second-order valence-electron chi connectivity index (χ2n) is 10.1. The van der Waals surface area contributed by atoms with Gasteiger partial charge in [-0.15, -0.1) is 0 Å². The minimum atomic E-state index is -0.427. The van der Waals surface area contributed by atoms with Gasteiger partial charge in [-0.05, 0) is 61.6 Å². The third-order valence-electron chi connectivity index (χ3n) is 7.74. The van der Waals surface area contributed by atoms with Crippen molar-refractivity contribution in [3.8, 4) is 11.5 Å². The summed E-state index contributed by atoms with van der Waals surface area (Å²) in [6.45, 7) is 4.22. The van der Waals surface area contributed by atoms with Gasteiger partial charge in [0, 0.05) is 44.3 Å². The number of benzene rings is 3. The van der Waals surface area contributed by atoms with Crippen molar-refractivity contribution < 1.29 is 14.6 Å². The fraction of sp³-hybridized carbons (Fsp3) is 0.367. The lowest BCUT2D eigenvalue weighted by molar-refractivity contribution is 0.0764. The fourth-order valence-electron chi connectivity index (χ4n) is 5.75. The summed E-state index contributed by atoms with van der Waals surface area (Å²) in [4.78, 5) is 19.8. The molecule has 6 nitrogen and oxygen atoms in total. The molecular weight excluding hydrogens is 450 g/mol. The van der Waals surface area contributed by atoms with Gasteiger partial charge in [0.05, 0.1) is 17.5 Å². The van der Waals surface area contributed by atoms with Gasteiger partial charge in [0.1, 0.15) is 0 Å². The number of hydrogen-bond donors (Lipinski definition) is 1. The van der Waals surface area contributed by atoms with E-state index >= 15 is 0 Å². The van der Waals surface area contributed by atoms with Crippen LogP contribution in [0, 0.1) is 0 Å². The molecule has 0 radical (unpaired) electrons. The number of hydrogen-bond acceptors (Lipinski definition) is 5. The van der Waals surface area contributed by atoms with E-state index in [2.05, 4.69) is 52.3 Å². The number of piperidine rings is 1. The average Bonchev–Trinajstić information content (AvgIpc) is 3.37. The minimum Gasteiger partial charge on any atom is -0.453 e. The maximum Gasteiger partial charge on any atom is 0.254 e. The number of nitrogens with zero attached hydrogens (tertiary/aromatic N) is 3. The number of aliphatic hydroxyl groups excluding tert-OH is 1. The number of anilines is 2. The number of aliphatic hydroxyl groups is 1. The maximum absolute atomic E-state index is 13.0. The summed E-state index contributed by atoms with van der Waals surface area (Å²) in [5.41, 5.74) is 4.12. The first kappa shape index (κ1) is 23.1. The predicted octanol–water partition coefficient (Wildman–Crippen LogP) is 4.84. The molecule has 186 valence electrons. The molecule has 1 N–H and O–H groups in total. The number of rotatable bonds is 5. The highest BCUT2D eigenvalue weighted by molar-refractivity contribution is 5.96. The normalized spacial score (nSPS) is 20.1. The van der Waals surface area contributed by atoms with Gasteiger partial charge in [0.2, 0.25) is 0 Å². The molecule has 3 heterocycles. The summed E-state index contributed by atoms with van der Waals surface area (Å²) in [5, 5.41) is 9.86. The van der Waals surface area contributed by atoms with Crippen molar-refractivity contribution in [2.24, 2.45) is 0 Å². The third-order valence-corrected chi connectivity index (χ3v) is 7.74. The average molecular weight is 484 g/mol. The SMILES string of the molecule is O=C(c1ccc2c(c1)Oc1ccccc1N2C1CCN(CCc2ccccc2)CC1)N1CC[C@H](O)C1. The van der Waals surface area contributed by atoms with E-state index in [4.69, 9.17) is 4.74 Å². The van der Waals surface area contributed by atoms with Gasteiger partial charge < -0.3 is 24.5 Å². The van der Waals surface area contributed by atoms with Crippen LogP contribution in [0.4, 0.5) is 11.4 Å². The Morgan fingerprint density at radius 2 is 1.61 bits per heavy atom. The molecule has 0 unspecified atom stereocenters. The standard InChI is InChI=1S/C30H33N3O3/c34-25-15-19-32(21-25)30(35)23-10-11-27-29(20-23)36-28-9-5-4-8-26(28)33(27)24-13-17-31(18-14-24)16-12-22-6-2-1-3-7-22/h1-11,20,24-25,34H,12-19,21H2/t25-/m0/s1. The maximum atomic E-state index is 13.0. The Labute approximate surface area is 212 Å². The highest BCUT2D eigenvalue weighted by Gasteiger charge is 2.33. The summed E-state index contributed by atoms with van der Waals surface area (Å²) in [6.07, 6.45) is 3.45. The number of carbonyl (C=O) groups is 1. The molecule has 0 bridgehead atoms. The smallest absolute Gasteiger partial charge is 0.254 e. The predicted molar refractivity (Wildman–Crippen MR) is 141 cm³/mol. The summed E-state index contributed by atoms with van der Waals surface area (Å²) in [5.74, 6) is 1.51. The van der Waals surface area contributed by atoms with Crippen LogP contribution in [0.5, 0.6) is 11.5 Å². The first-order valence-electron chi connectivity index (χ1n) is 13.1. The molecule has 6 heteroatoms. The van der Waals surface area contributed by atoms with Gasteiger partial charge in [0.25, 0.3) is 5.91 Å².